The van der Waals surface area contributed by atoms with Gasteiger partial charge >= 0.3 is 0 Å². The maximum absolute atomic E-state index is 10.8. The van der Waals surface area contributed by atoms with E-state index in [1.54, 1.807) is 18.7 Å². The second-order valence-electron chi connectivity index (χ2n) is 3.19. The Morgan fingerprint density at radius 3 is 2.58 bits per heavy atom. The van der Waals surface area contributed by atoms with Crippen LogP contribution >= 0.6 is 11.8 Å². The van der Waals surface area contributed by atoms with Crippen molar-refractivity contribution in [2.45, 2.75) is 32.2 Å². The summed E-state index contributed by atoms with van der Waals surface area (Å²) in [5.41, 5.74) is 9.91. The summed E-state index contributed by atoms with van der Waals surface area (Å²) >= 11 is 1.69. The number of carbonyl (C=O) groups is 1. The van der Waals surface area contributed by atoms with Gasteiger partial charge in [-0.1, -0.05) is 13.3 Å². The average Bonchev–Trinajstić information content (AvgIpc) is 1.98. The highest BCUT2D eigenvalue weighted by Gasteiger charge is 2.24. The largest absolute Gasteiger partial charge is 0.368 e. The molecule has 0 heterocycles. The SMILES string of the molecule is CCCCSCC(C)(N)C(N)=O. The van der Waals surface area contributed by atoms with Crippen molar-refractivity contribution in [3.63, 3.8) is 0 Å². The number of carbonyl (C=O) groups excluding carboxylic acids is 1. The third-order valence-corrected chi connectivity index (χ3v) is 2.99. The quantitative estimate of drug-likeness (QED) is 0.606. The fourth-order valence-electron chi connectivity index (χ4n) is 0.602. The standard InChI is InChI=1S/C8H18N2OS/c1-3-4-5-12-6-8(2,10)7(9)11/h3-6,10H2,1-2H3,(H2,9,11). The van der Waals surface area contributed by atoms with Gasteiger partial charge in [0.1, 0.15) is 5.54 Å². The summed E-state index contributed by atoms with van der Waals surface area (Å²) in [4.78, 5) is 10.8. The zero-order chi connectivity index (χ0) is 9.61. The Morgan fingerprint density at radius 2 is 2.17 bits per heavy atom. The van der Waals surface area contributed by atoms with Crippen LogP contribution in [0.5, 0.6) is 0 Å². The van der Waals surface area contributed by atoms with Gasteiger partial charge in [-0.3, -0.25) is 4.79 Å². The maximum Gasteiger partial charge on any atom is 0.238 e. The van der Waals surface area contributed by atoms with Crippen molar-refractivity contribution in [3.05, 3.63) is 0 Å². The van der Waals surface area contributed by atoms with Crippen LogP contribution in [-0.4, -0.2) is 23.0 Å². The van der Waals surface area contributed by atoms with Gasteiger partial charge in [-0.05, 0) is 19.1 Å². The van der Waals surface area contributed by atoms with E-state index >= 15 is 0 Å². The summed E-state index contributed by atoms with van der Waals surface area (Å²) in [6.07, 6.45) is 2.34. The number of primary amides is 1. The Labute approximate surface area is 78.3 Å². The van der Waals surface area contributed by atoms with Crippen LogP contribution in [0.3, 0.4) is 0 Å². The monoisotopic (exact) mass is 190 g/mol. The molecule has 0 fully saturated rings. The van der Waals surface area contributed by atoms with Crippen LogP contribution < -0.4 is 11.5 Å². The van der Waals surface area contributed by atoms with Gasteiger partial charge in [0.25, 0.3) is 0 Å². The smallest absolute Gasteiger partial charge is 0.238 e. The number of unbranched alkanes of at least 4 members (excludes halogenated alkanes) is 1. The van der Waals surface area contributed by atoms with Gasteiger partial charge < -0.3 is 11.5 Å². The molecule has 1 atom stereocenters. The van der Waals surface area contributed by atoms with Gasteiger partial charge in [0.05, 0.1) is 0 Å². The summed E-state index contributed by atoms with van der Waals surface area (Å²) in [6.45, 7) is 3.81. The summed E-state index contributed by atoms with van der Waals surface area (Å²) in [6, 6.07) is 0. The summed E-state index contributed by atoms with van der Waals surface area (Å²) in [7, 11) is 0. The summed E-state index contributed by atoms with van der Waals surface area (Å²) in [5.74, 6) is 1.24. The molecule has 0 rings (SSSR count). The number of hydrogen-bond donors (Lipinski definition) is 2. The molecule has 12 heavy (non-hydrogen) atoms. The molecule has 0 aromatic rings. The number of amides is 1. The van der Waals surface area contributed by atoms with E-state index in [0.29, 0.717) is 5.75 Å². The highest BCUT2D eigenvalue weighted by Crippen LogP contribution is 2.11. The molecule has 1 unspecified atom stereocenters. The minimum absolute atomic E-state index is 0.425. The number of rotatable bonds is 6. The van der Waals surface area contributed by atoms with Crippen LogP contribution in [0.1, 0.15) is 26.7 Å². The normalized spacial score (nSPS) is 15.6. The van der Waals surface area contributed by atoms with Gasteiger partial charge in [-0.15, -0.1) is 0 Å². The molecule has 0 aliphatic heterocycles. The van der Waals surface area contributed by atoms with Crippen molar-refractivity contribution < 1.29 is 4.79 Å². The first-order valence-corrected chi connectivity index (χ1v) is 5.32. The third kappa shape index (κ3) is 4.62. The molecule has 0 aromatic carbocycles. The lowest BCUT2D eigenvalue weighted by atomic mass is 10.1. The Kier molecular flexibility index (Phi) is 5.33. The van der Waals surface area contributed by atoms with E-state index in [1.807, 2.05) is 0 Å². The topological polar surface area (TPSA) is 69.1 Å². The molecule has 4 N–H and O–H groups in total. The predicted octanol–water partition coefficient (Wildman–Crippen LogP) is 0.722. The fraction of sp³-hybridized carbons (Fsp3) is 0.875. The summed E-state index contributed by atoms with van der Waals surface area (Å²) in [5, 5.41) is 0. The van der Waals surface area contributed by atoms with Crippen molar-refractivity contribution in [2.75, 3.05) is 11.5 Å². The molecular formula is C8H18N2OS. The molecule has 0 saturated heterocycles. The van der Waals surface area contributed by atoms with Gasteiger partial charge in [0.15, 0.2) is 0 Å². The highest BCUT2D eigenvalue weighted by molar-refractivity contribution is 7.99. The van der Waals surface area contributed by atoms with E-state index in [1.165, 1.54) is 12.8 Å². The Bertz CT molecular complexity index is 148. The molecule has 0 aromatic heterocycles. The molecule has 3 nitrogen and oxygen atoms in total. The van der Waals surface area contributed by atoms with E-state index in [2.05, 4.69) is 6.92 Å². The van der Waals surface area contributed by atoms with Crippen LogP contribution in [0, 0.1) is 0 Å². The lowest BCUT2D eigenvalue weighted by Gasteiger charge is -2.19. The van der Waals surface area contributed by atoms with Crippen LogP contribution in [0.4, 0.5) is 0 Å². The lowest BCUT2D eigenvalue weighted by Crippen LogP contribution is -2.51. The second-order valence-corrected chi connectivity index (χ2v) is 4.29. The Hall–Kier alpha value is -0.220. The average molecular weight is 190 g/mol. The highest BCUT2D eigenvalue weighted by atomic mass is 32.2. The second kappa shape index (κ2) is 5.43. The molecule has 1 amide bonds. The minimum atomic E-state index is -0.849. The molecule has 0 saturated carbocycles. The van der Waals surface area contributed by atoms with Crippen molar-refractivity contribution in [1.29, 1.82) is 0 Å². The Morgan fingerprint density at radius 1 is 1.58 bits per heavy atom. The molecular weight excluding hydrogens is 172 g/mol. The molecule has 0 spiro atoms. The Balaban J connectivity index is 3.54. The van der Waals surface area contributed by atoms with E-state index in [0.717, 1.165) is 5.75 Å². The maximum atomic E-state index is 10.8. The van der Waals surface area contributed by atoms with Gasteiger partial charge in [0.2, 0.25) is 5.91 Å². The van der Waals surface area contributed by atoms with Crippen LogP contribution in [0.25, 0.3) is 0 Å². The van der Waals surface area contributed by atoms with E-state index in [4.69, 9.17) is 11.5 Å². The van der Waals surface area contributed by atoms with E-state index in [-0.39, 0.29) is 0 Å². The van der Waals surface area contributed by atoms with Crippen molar-refractivity contribution in [1.82, 2.24) is 0 Å². The zero-order valence-corrected chi connectivity index (χ0v) is 8.62. The van der Waals surface area contributed by atoms with Crippen LogP contribution in [0.2, 0.25) is 0 Å². The number of nitrogens with two attached hydrogens (primary N) is 2. The molecule has 4 heteroatoms. The minimum Gasteiger partial charge on any atom is -0.368 e. The molecule has 0 radical (unpaired) electrons. The van der Waals surface area contributed by atoms with Crippen molar-refractivity contribution in [3.8, 4) is 0 Å². The molecule has 0 aliphatic rings. The first-order chi connectivity index (χ1) is 5.50. The third-order valence-electron chi connectivity index (χ3n) is 1.61. The molecule has 0 aliphatic carbocycles. The van der Waals surface area contributed by atoms with E-state index in [9.17, 15) is 4.79 Å². The van der Waals surface area contributed by atoms with Gasteiger partial charge in [-0.2, -0.15) is 11.8 Å². The van der Waals surface area contributed by atoms with Crippen LogP contribution in [-0.2, 0) is 4.79 Å². The van der Waals surface area contributed by atoms with Crippen molar-refractivity contribution in [2.24, 2.45) is 11.5 Å². The first kappa shape index (κ1) is 11.8. The zero-order valence-electron chi connectivity index (χ0n) is 7.80. The molecule has 0 bridgehead atoms. The molecule has 72 valence electrons. The lowest BCUT2D eigenvalue weighted by molar-refractivity contribution is -0.121. The van der Waals surface area contributed by atoms with E-state index < -0.39 is 11.4 Å². The predicted molar refractivity (Wildman–Crippen MR) is 54.0 cm³/mol. The van der Waals surface area contributed by atoms with Gasteiger partial charge in [-0.25, -0.2) is 0 Å². The fourth-order valence-corrected chi connectivity index (χ4v) is 1.81. The van der Waals surface area contributed by atoms with Crippen molar-refractivity contribution >= 4 is 17.7 Å². The van der Waals surface area contributed by atoms with Crippen LogP contribution in [0.15, 0.2) is 0 Å². The first-order valence-electron chi connectivity index (χ1n) is 4.17. The summed E-state index contributed by atoms with van der Waals surface area (Å²) < 4.78 is 0. The number of thioether (sulfide) groups is 1. The van der Waals surface area contributed by atoms with Gasteiger partial charge in [0, 0.05) is 5.75 Å². The number of hydrogen-bond acceptors (Lipinski definition) is 3.